The standard InChI is InChI=1S/C53H65F3N6O5S/c1-32-22-37(40-14-8-9-15-43(40)57)23-44(62(32)30-53(6,7)56)47-41(54)25-39(26-42(47)55)67-21-11-20-66-29-46(64)60-50(52(3,4)5)48(35-12-10-13-35)61-28-38(63)24-45(61)51(65)58-27-34-16-18-36(19-17-34)49-33(2)59-31-68-49/h8-10,12,14-19,23,25-26,31-32,38,44-45,50,63H,11,13,20-22,24,27-30,57H2,1-7H3,(H,58,65)(H,60,64)/b48-35-/t32-,38-,44+,45+,50?/m1/s1. The zero-order valence-corrected chi connectivity index (χ0v) is 40.9. The number of aliphatic hydroxyl groups excluding tert-OH is 1. The maximum atomic E-state index is 16.0. The number of likely N-dealkylation sites (tertiary alicyclic amines) is 1. The lowest BCUT2D eigenvalue weighted by molar-refractivity contribution is -0.127. The molecule has 1 fully saturated rings. The number of aromatic nitrogens is 1. The summed E-state index contributed by atoms with van der Waals surface area (Å²) in [5, 5.41) is 17.2. The molecule has 68 heavy (non-hydrogen) atoms. The zero-order valence-electron chi connectivity index (χ0n) is 40.1. The number of halogens is 3. The number of nitrogens with one attached hydrogen (secondary N) is 2. The lowest BCUT2D eigenvalue weighted by atomic mass is 9.80. The van der Waals surface area contributed by atoms with Gasteiger partial charge >= 0.3 is 0 Å². The van der Waals surface area contributed by atoms with Crippen LogP contribution in [0.4, 0.5) is 18.9 Å². The fourth-order valence-corrected chi connectivity index (χ4v) is 10.1. The Bertz CT molecular complexity index is 2510. The summed E-state index contributed by atoms with van der Waals surface area (Å²) in [5.41, 5.74) is 12.7. The van der Waals surface area contributed by atoms with Crippen LogP contribution >= 0.6 is 11.3 Å². The van der Waals surface area contributed by atoms with Crippen LogP contribution in [-0.4, -0.2) is 94.5 Å². The normalized spacial score (nSPS) is 21.0. The Kier molecular flexibility index (Phi) is 15.9. The first-order valence-corrected chi connectivity index (χ1v) is 24.3. The molecular formula is C53H65F3N6O5S. The molecule has 2 aliphatic heterocycles. The lowest BCUT2D eigenvalue weighted by Crippen LogP contribution is -2.53. The van der Waals surface area contributed by atoms with Gasteiger partial charge in [0.1, 0.15) is 35.7 Å². The molecule has 3 aliphatic rings. The summed E-state index contributed by atoms with van der Waals surface area (Å²) >= 11 is 1.59. The Hall–Kier alpha value is -5.48. The number of rotatable bonds is 18. The number of nitrogens with two attached hydrogens (primary N) is 1. The van der Waals surface area contributed by atoms with E-state index in [1.165, 1.54) is 13.8 Å². The number of para-hydroxylation sites is 1. The molecule has 11 nitrogen and oxygen atoms in total. The number of anilines is 1. The molecule has 0 bridgehead atoms. The van der Waals surface area contributed by atoms with Crippen molar-refractivity contribution >= 4 is 34.4 Å². The van der Waals surface area contributed by atoms with E-state index in [0.717, 1.165) is 56.2 Å². The van der Waals surface area contributed by atoms with E-state index in [1.807, 2.05) is 99.6 Å². The van der Waals surface area contributed by atoms with E-state index >= 15 is 13.2 Å². The molecule has 1 aliphatic carbocycles. The maximum Gasteiger partial charge on any atom is 0.246 e. The number of carbonyl (C=O) groups excluding carboxylic acids is 2. The average molecular weight is 955 g/mol. The van der Waals surface area contributed by atoms with E-state index < -0.39 is 46.9 Å². The molecule has 0 spiro atoms. The van der Waals surface area contributed by atoms with Gasteiger partial charge < -0.3 is 35.8 Å². The molecule has 15 heteroatoms. The van der Waals surface area contributed by atoms with Gasteiger partial charge in [0.25, 0.3) is 0 Å². The third kappa shape index (κ3) is 12.2. The monoisotopic (exact) mass is 954 g/mol. The van der Waals surface area contributed by atoms with Gasteiger partial charge in [0.15, 0.2) is 0 Å². The van der Waals surface area contributed by atoms with Crippen LogP contribution in [0.3, 0.4) is 0 Å². The molecule has 0 saturated carbocycles. The topological polar surface area (TPSA) is 142 Å². The van der Waals surface area contributed by atoms with E-state index in [4.69, 9.17) is 15.2 Å². The van der Waals surface area contributed by atoms with Gasteiger partial charge in [0.05, 0.1) is 47.5 Å². The maximum absolute atomic E-state index is 16.0. The second kappa shape index (κ2) is 21.4. The fourth-order valence-electron chi connectivity index (χ4n) is 9.28. The highest BCUT2D eigenvalue weighted by Gasteiger charge is 2.43. The number of β-amino-alcohol motifs (C(OH)–C–C–N with tert-alkyl or cyclic N) is 1. The van der Waals surface area contributed by atoms with Crippen molar-refractivity contribution in [1.29, 1.82) is 0 Å². The van der Waals surface area contributed by atoms with Crippen LogP contribution in [0.25, 0.3) is 16.0 Å². The van der Waals surface area contributed by atoms with Gasteiger partial charge in [0.2, 0.25) is 11.8 Å². The van der Waals surface area contributed by atoms with Crippen LogP contribution in [0, 0.1) is 24.0 Å². The van der Waals surface area contributed by atoms with Crippen molar-refractivity contribution in [3.8, 4) is 16.2 Å². The van der Waals surface area contributed by atoms with E-state index in [1.54, 1.807) is 28.4 Å². The summed E-state index contributed by atoms with van der Waals surface area (Å²) in [5.74, 6) is -2.21. The summed E-state index contributed by atoms with van der Waals surface area (Å²) < 4.78 is 58.6. The number of nitrogens with zero attached hydrogens (tertiary/aromatic N) is 3. The third-order valence-electron chi connectivity index (χ3n) is 12.7. The van der Waals surface area contributed by atoms with Crippen LogP contribution in [0.2, 0.25) is 0 Å². The molecule has 3 aromatic carbocycles. The van der Waals surface area contributed by atoms with Crippen molar-refractivity contribution in [2.45, 2.75) is 117 Å². The van der Waals surface area contributed by atoms with Crippen molar-refractivity contribution in [3.05, 3.63) is 130 Å². The molecule has 3 heterocycles. The molecule has 364 valence electrons. The minimum absolute atomic E-state index is 0.00612. The number of ether oxygens (including phenoxy) is 2. The highest BCUT2D eigenvalue weighted by Crippen LogP contribution is 2.42. The first-order valence-electron chi connectivity index (χ1n) is 23.4. The van der Waals surface area contributed by atoms with Gasteiger partial charge in [0, 0.05) is 73.2 Å². The van der Waals surface area contributed by atoms with Gasteiger partial charge in [-0.3, -0.25) is 14.5 Å². The first kappa shape index (κ1) is 50.4. The number of hydrogen-bond donors (Lipinski definition) is 4. The third-order valence-corrected chi connectivity index (χ3v) is 13.7. The van der Waals surface area contributed by atoms with Crippen LogP contribution < -0.4 is 21.1 Å². The number of hydrogen-bond acceptors (Lipinski definition) is 10. The van der Waals surface area contributed by atoms with E-state index in [9.17, 15) is 14.7 Å². The lowest BCUT2D eigenvalue weighted by Gasteiger charge is -2.42. The molecule has 7 rings (SSSR count). The number of aliphatic hydroxyl groups is 1. The van der Waals surface area contributed by atoms with E-state index in [0.29, 0.717) is 31.5 Å². The van der Waals surface area contributed by atoms with Crippen molar-refractivity contribution < 1.29 is 37.3 Å². The number of nitrogen functional groups attached to an aromatic ring is 1. The summed E-state index contributed by atoms with van der Waals surface area (Å²) in [7, 11) is 0. The molecule has 1 unspecified atom stereocenters. The smallest absolute Gasteiger partial charge is 0.246 e. The van der Waals surface area contributed by atoms with Crippen molar-refractivity contribution in [1.82, 2.24) is 25.4 Å². The van der Waals surface area contributed by atoms with Gasteiger partial charge in [-0.05, 0) is 74.3 Å². The second-order valence-electron chi connectivity index (χ2n) is 19.8. The number of thiazole rings is 1. The first-order chi connectivity index (χ1) is 32.3. The van der Waals surface area contributed by atoms with Crippen molar-refractivity contribution in [2.24, 2.45) is 5.41 Å². The van der Waals surface area contributed by atoms with Gasteiger partial charge in [-0.2, -0.15) is 0 Å². The Morgan fingerprint density at radius 1 is 1.04 bits per heavy atom. The summed E-state index contributed by atoms with van der Waals surface area (Å²) in [4.78, 5) is 36.6. The van der Waals surface area contributed by atoms with Crippen LogP contribution in [0.15, 0.2) is 95.7 Å². The molecule has 4 aromatic rings. The number of aryl methyl sites for hydroxylation is 1. The molecular weight excluding hydrogens is 890 g/mol. The number of amides is 2. The molecule has 2 amide bonds. The second-order valence-corrected chi connectivity index (χ2v) is 20.7. The molecule has 5 atom stereocenters. The van der Waals surface area contributed by atoms with Crippen LogP contribution in [-0.2, 0) is 20.9 Å². The zero-order chi connectivity index (χ0) is 48.9. The molecule has 0 radical (unpaired) electrons. The number of carbonyl (C=O) groups is 2. The minimum Gasteiger partial charge on any atom is -0.493 e. The number of alkyl halides is 1. The molecule has 1 aromatic heterocycles. The van der Waals surface area contributed by atoms with Crippen LogP contribution in [0.1, 0.15) is 95.7 Å². The Labute approximate surface area is 402 Å². The predicted molar refractivity (Wildman–Crippen MR) is 262 cm³/mol. The summed E-state index contributed by atoms with van der Waals surface area (Å²) in [6, 6.07) is 15.3. The minimum atomic E-state index is -1.62. The quantitative estimate of drug-likeness (QED) is 0.0568. The highest BCUT2D eigenvalue weighted by atomic mass is 32.1. The van der Waals surface area contributed by atoms with Gasteiger partial charge in [-0.1, -0.05) is 81.5 Å². The van der Waals surface area contributed by atoms with E-state index in [2.05, 4.69) is 15.6 Å². The predicted octanol–water partition coefficient (Wildman–Crippen LogP) is 9.23. The summed E-state index contributed by atoms with van der Waals surface area (Å²) in [6.45, 7) is 13.3. The summed E-state index contributed by atoms with van der Waals surface area (Å²) in [6.07, 6.45) is 6.81. The average Bonchev–Trinajstić information content (AvgIpc) is 3.86. The Morgan fingerprint density at radius 3 is 2.37 bits per heavy atom. The molecule has 5 N–H and O–H groups in total. The Morgan fingerprint density at radius 2 is 1.75 bits per heavy atom. The number of allylic oxidation sites excluding steroid dienone is 3. The van der Waals surface area contributed by atoms with Crippen molar-refractivity contribution in [3.63, 3.8) is 0 Å². The highest BCUT2D eigenvalue weighted by molar-refractivity contribution is 7.13. The SMILES string of the molecule is Cc1ncsc1-c1ccc(CNC(=O)[C@@H]2C[C@@H](O)CN2/C(=C2/C=CC2)C(NC(=O)COCCCOc2cc(F)c([C@@H]3C=C(c4ccccc4N)C[C@@H](C)N3CC(C)(C)F)c(F)c2)C(C)(C)C)cc1. The van der Waals surface area contributed by atoms with Crippen molar-refractivity contribution in [2.75, 3.05) is 38.6 Å². The van der Waals surface area contributed by atoms with E-state index in [-0.39, 0.29) is 68.5 Å². The number of benzene rings is 3. The molecule has 1 saturated heterocycles. The Balaban J connectivity index is 0.943. The van der Waals surface area contributed by atoms with Gasteiger partial charge in [-0.25, -0.2) is 18.2 Å². The largest absolute Gasteiger partial charge is 0.493 e. The van der Waals surface area contributed by atoms with Gasteiger partial charge in [-0.15, -0.1) is 11.3 Å². The fraction of sp³-hybridized carbons (Fsp3) is 0.453. The van der Waals surface area contributed by atoms with Crippen LogP contribution in [0.5, 0.6) is 5.75 Å².